The predicted octanol–water partition coefficient (Wildman–Crippen LogP) is 0.313. The average molecular weight is 294 g/mol. The summed E-state index contributed by atoms with van der Waals surface area (Å²) in [6, 6.07) is -0.485. The van der Waals surface area contributed by atoms with E-state index in [9.17, 15) is 9.59 Å². The summed E-state index contributed by atoms with van der Waals surface area (Å²) in [5, 5.41) is 2.93. The summed E-state index contributed by atoms with van der Waals surface area (Å²) in [5.74, 6) is 0.186. The molecule has 1 N–H and O–H groups in total. The third-order valence-corrected chi connectivity index (χ3v) is 3.42. The van der Waals surface area contributed by atoms with Crippen LogP contribution in [-0.4, -0.2) is 52.7 Å². The summed E-state index contributed by atoms with van der Waals surface area (Å²) in [6.45, 7) is 6.69. The zero-order valence-corrected chi connectivity index (χ0v) is 12.5. The average Bonchev–Trinajstić information content (AvgIpc) is 2.51. The number of amides is 1. The molecule has 0 radical (unpaired) electrons. The van der Waals surface area contributed by atoms with E-state index in [1.165, 1.54) is 0 Å². The Kier molecular flexibility index (Phi) is 5.32. The summed E-state index contributed by atoms with van der Waals surface area (Å²) in [4.78, 5) is 30.3. The standard InChI is InChI=1S/C14H22N4O3/c1-3-5-17-6-4-15-12(14(17)20)16-11(2)13(19)18-7-9-21-10-8-18/h4,6,11H,3,5,7-10H2,1-2H3,(H,15,16). The quantitative estimate of drug-likeness (QED) is 0.846. The maximum atomic E-state index is 12.3. The van der Waals surface area contributed by atoms with Crippen LogP contribution in [0.2, 0.25) is 0 Å². The minimum atomic E-state index is -0.485. The molecule has 116 valence electrons. The lowest BCUT2D eigenvalue weighted by atomic mass is 10.2. The number of aromatic nitrogens is 2. The van der Waals surface area contributed by atoms with Crippen LogP contribution in [0.4, 0.5) is 5.82 Å². The molecule has 2 heterocycles. The smallest absolute Gasteiger partial charge is 0.293 e. The van der Waals surface area contributed by atoms with Crippen LogP contribution in [0.15, 0.2) is 17.2 Å². The number of morpholine rings is 1. The summed E-state index contributed by atoms with van der Waals surface area (Å²) < 4.78 is 6.83. The van der Waals surface area contributed by atoms with E-state index in [-0.39, 0.29) is 17.3 Å². The van der Waals surface area contributed by atoms with Crippen LogP contribution in [0, 0.1) is 0 Å². The fraction of sp³-hybridized carbons (Fsp3) is 0.643. The predicted molar refractivity (Wildman–Crippen MR) is 79.3 cm³/mol. The molecule has 1 fully saturated rings. The van der Waals surface area contributed by atoms with Gasteiger partial charge in [0.1, 0.15) is 6.04 Å². The van der Waals surface area contributed by atoms with E-state index < -0.39 is 6.04 Å². The largest absolute Gasteiger partial charge is 0.378 e. The molecule has 1 unspecified atom stereocenters. The minimum absolute atomic E-state index is 0.0367. The van der Waals surface area contributed by atoms with Crippen molar-refractivity contribution in [1.82, 2.24) is 14.5 Å². The first-order valence-electron chi connectivity index (χ1n) is 7.32. The number of hydrogen-bond donors (Lipinski definition) is 1. The third-order valence-electron chi connectivity index (χ3n) is 3.42. The highest BCUT2D eigenvalue weighted by Crippen LogP contribution is 2.04. The Hall–Kier alpha value is -1.89. The molecule has 2 rings (SSSR count). The number of ether oxygens (including phenoxy) is 1. The summed E-state index contributed by atoms with van der Waals surface area (Å²) in [5.41, 5.74) is -0.194. The van der Waals surface area contributed by atoms with Crippen molar-refractivity contribution in [3.05, 3.63) is 22.7 Å². The van der Waals surface area contributed by atoms with Gasteiger partial charge in [0, 0.05) is 32.0 Å². The van der Waals surface area contributed by atoms with Crippen molar-refractivity contribution in [2.24, 2.45) is 0 Å². The van der Waals surface area contributed by atoms with E-state index in [1.807, 2.05) is 6.92 Å². The van der Waals surface area contributed by atoms with Crippen LogP contribution in [0.3, 0.4) is 0 Å². The van der Waals surface area contributed by atoms with E-state index >= 15 is 0 Å². The maximum Gasteiger partial charge on any atom is 0.293 e. The molecule has 21 heavy (non-hydrogen) atoms. The van der Waals surface area contributed by atoms with Gasteiger partial charge in [-0.05, 0) is 13.3 Å². The van der Waals surface area contributed by atoms with Crippen LogP contribution in [-0.2, 0) is 16.1 Å². The number of carbonyl (C=O) groups is 1. The molecule has 1 aliphatic rings. The normalized spacial score (nSPS) is 16.6. The van der Waals surface area contributed by atoms with Gasteiger partial charge in [0.05, 0.1) is 13.2 Å². The first kappa shape index (κ1) is 15.5. The van der Waals surface area contributed by atoms with Crippen LogP contribution in [0.25, 0.3) is 0 Å². The Labute approximate surface area is 123 Å². The first-order valence-corrected chi connectivity index (χ1v) is 7.32. The molecular formula is C14H22N4O3. The molecule has 0 spiro atoms. The van der Waals surface area contributed by atoms with Gasteiger partial charge in [0.25, 0.3) is 5.56 Å². The van der Waals surface area contributed by atoms with Crippen molar-refractivity contribution in [2.75, 3.05) is 31.6 Å². The summed E-state index contributed by atoms with van der Waals surface area (Å²) in [7, 11) is 0. The molecule has 7 nitrogen and oxygen atoms in total. The Balaban J connectivity index is 2.05. The fourth-order valence-electron chi connectivity index (χ4n) is 2.29. The van der Waals surface area contributed by atoms with Gasteiger partial charge < -0.3 is 19.5 Å². The monoisotopic (exact) mass is 294 g/mol. The first-order chi connectivity index (χ1) is 10.1. The lowest BCUT2D eigenvalue weighted by Gasteiger charge is -2.29. The Morgan fingerprint density at radius 1 is 1.48 bits per heavy atom. The van der Waals surface area contributed by atoms with Gasteiger partial charge in [-0.15, -0.1) is 0 Å². The van der Waals surface area contributed by atoms with Gasteiger partial charge in [-0.1, -0.05) is 6.92 Å². The molecule has 1 aliphatic heterocycles. The second kappa shape index (κ2) is 7.21. The number of aryl methyl sites for hydroxylation is 1. The zero-order chi connectivity index (χ0) is 15.2. The number of nitrogens with one attached hydrogen (secondary N) is 1. The fourth-order valence-corrected chi connectivity index (χ4v) is 2.29. The number of anilines is 1. The van der Waals surface area contributed by atoms with E-state index in [0.29, 0.717) is 32.8 Å². The van der Waals surface area contributed by atoms with Crippen molar-refractivity contribution >= 4 is 11.7 Å². The molecule has 1 aromatic heterocycles. The van der Waals surface area contributed by atoms with Crippen LogP contribution in [0.1, 0.15) is 20.3 Å². The van der Waals surface area contributed by atoms with E-state index in [0.717, 1.165) is 6.42 Å². The van der Waals surface area contributed by atoms with Gasteiger partial charge in [0.2, 0.25) is 5.91 Å². The molecule has 1 amide bonds. The van der Waals surface area contributed by atoms with Crippen molar-refractivity contribution in [3.63, 3.8) is 0 Å². The molecule has 1 aromatic rings. The number of hydrogen-bond acceptors (Lipinski definition) is 5. The van der Waals surface area contributed by atoms with Crippen LogP contribution >= 0.6 is 0 Å². The molecule has 1 atom stereocenters. The lowest BCUT2D eigenvalue weighted by molar-refractivity contribution is -0.135. The molecule has 0 aliphatic carbocycles. The van der Waals surface area contributed by atoms with E-state index in [1.54, 1.807) is 28.8 Å². The highest BCUT2D eigenvalue weighted by Gasteiger charge is 2.23. The summed E-state index contributed by atoms with van der Waals surface area (Å²) in [6.07, 6.45) is 4.10. The molecular weight excluding hydrogens is 272 g/mol. The van der Waals surface area contributed by atoms with Crippen LogP contribution < -0.4 is 10.9 Å². The number of nitrogens with zero attached hydrogens (tertiary/aromatic N) is 3. The SMILES string of the molecule is CCCn1ccnc(NC(C)C(=O)N2CCOCC2)c1=O. The second-order valence-corrected chi connectivity index (χ2v) is 5.08. The molecule has 1 saturated heterocycles. The highest BCUT2D eigenvalue weighted by atomic mass is 16.5. The van der Waals surface area contributed by atoms with Gasteiger partial charge in [0.15, 0.2) is 5.82 Å². The van der Waals surface area contributed by atoms with Gasteiger partial charge in [-0.25, -0.2) is 4.98 Å². The Bertz CT molecular complexity index is 537. The van der Waals surface area contributed by atoms with E-state index in [2.05, 4.69) is 10.3 Å². The molecule has 0 bridgehead atoms. The Morgan fingerprint density at radius 3 is 2.86 bits per heavy atom. The number of carbonyl (C=O) groups excluding carboxylic acids is 1. The minimum Gasteiger partial charge on any atom is -0.378 e. The van der Waals surface area contributed by atoms with Crippen molar-refractivity contribution in [2.45, 2.75) is 32.9 Å². The van der Waals surface area contributed by atoms with Gasteiger partial charge in [-0.3, -0.25) is 9.59 Å². The zero-order valence-electron chi connectivity index (χ0n) is 12.5. The lowest BCUT2D eigenvalue weighted by Crippen LogP contribution is -2.47. The highest BCUT2D eigenvalue weighted by molar-refractivity contribution is 5.84. The number of rotatable bonds is 5. The van der Waals surface area contributed by atoms with Crippen LogP contribution in [0.5, 0.6) is 0 Å². The van der Waals surface area contributed by atoms with E-state index in [4.69, 9.17) is 4.74 Å². The van der Waals surface area contributed by atoms with Crippen molar-refractivity contribution in [1.29, 1.82) is 0 Å². The Morgan fingerprint density at radius 2 is 2.19 bits per heavy atom. The van der Waals surface area contributed by atoms with Gasteiger partial charge in [-0.2, -0.15) is 0 Å². The third kappa shape index (κ3) is 3.81. The van der Waals surface area contributed by atoms with Crippen molar-refractivity contribution < 1.29 is 9.53 Å². The van der Waals surface area contributed by atoms with Crippen molar-refractivity contribution in [3.8, 4) is 0 Å². The maximum absolute atomic E-state index is 12.3. The van der Waals surface area contributed by atoms with Gasteiger partial charge >= 0.3 is 0 Å². The summed E-state index contributed by atoms with van der Waals surface area (Å²) >= 11 is 0. The second-order valence-electron chi connectivity index (χ2n) is 5.08. The molecule has 7 heteroatoms. The molecule has 0 saturated carbocycles. The topological polar surface area (TPSA) is 76.5 Å². The molecule has 0 aromatic carbocycles.